The molecule has 30 heavy (non-hydrogen) atoms. The topological polar surface area (TPSA) is 53.8 Å². The van der Waals surface area contributed by atoms with Gasteiger partial charge in [0.1, 0.15) is 23.5 Å². The number of methoxy groups -OCH3 is 1. The number of nitrogens with one attached hydrogen (secondary N) is 1. The van der Waals surface area contributed by atoms with Gasteiger partial charge in [-0.1, -0.05) is 29.3 Å². The second-order valence-corrected chi connectivity index (χ2v) is 7.81. The molecule has 0 bridgehead atoms. The third-order valence-electron chi connectivity index (χ3n) is 5.10. The van der Waals surface area contributed by atoms with Gasteiger partial charge in [0.15, 0.2) is 0 Å². The van der Waals surface area contributed by atoms with E-state index in [1.807, 2.05) is 24.3 Å². The molecule has 0 fully saturated rings. The maximum atomic E-state index is 14.7. The van der Waals surface area contributed by atoms with Crippen LogP contribution in [0.25, 0.3) is 0 Å². The predicted molar refractivity (Wildman–Crippen MR) is 117 cm³/mol. The molecule has 154 valence electrons. The summed E-state index contributed by atoms with van der Waals surface area (Å²) in [6.07, 6.45) is -0.254. The van der Waals surface area contributed by atoms with Crippen LogP contribution in [-0.2, 0) is 0 Å². The fourth-order valence-corrected chi connectivity index (χ4v) is 4.04. The number of aromatic hydroxyl groups is 1. The summed E-state index contributed by atoms with van der Waals surface area (Å²) in [6, 6.07) is 16.5. The van der Waals surface area contributed by atoms with Crippen molar-refractivity contribution in [3.63, 3.8) is 0 Å². The van der Waals surface area contributed by atoms with Gasteiger partial charge in [0.05, 0.1) is 12.1 Å². The zero-order chi connectivity index (χ0) is 21.3. The largest absolute Gasteiger partial charge is 0.508 e. The van der Waals surface area contributed by atoms with Crippen LogP contribution < -0.4 is 10.1 Å². The molecule has 2 atom stereocenters. The van der Waals surface area contributed by atoms with Crippen molar-refractivity contribution in [2.75, 3.05) is 7.11 Å². The van der Waals surface area contributed by atoms with Crippen molar-refractivity contribution < 1.29 is 14.2 Å². The lowest BCUT2D eigenvalue weighted by Gasteiger charge is -2.31. The Balaban J connectivity index is 1.80. The van der Waals surface area contributed by atoms with Crippen molar-refractivity contribution in [3.05, 3.63) is 93.2 Å². The van der Waals surface area contributed by atoms with Gasteiger partial charge < -0.3 is 9.84 Å². The second kappa shape index (κ2) is 8.64. The second-order valence-electron chi connectivity index (χ2n) is 6.97. The predicted octanol–water partition coefficient (Wildman–Crippen LogP) is 6.07. The molecular weight excluding hydrogens is 426 g/mol. The Morgan fingerprint density at radius 1 is 1.10 bits per heavy atom. The average Bonchev–Trinajstić information content (AvgIpc) is 2.75. The van der Waals surface area contributed by atoms with Crippen LogP contribution in [0, 0.1) is 5.82 Å². The fraction of sp³-hybridized carbons (Fsp3) is 0.174. The molecule has 0 saturated carbocycles. The number of ether oxygens (including phenoxy) is 1. The monoisotopic (exact) mass is 444 g/mol. The number of phenolic OH excluding ortho intramolecular Hbond substituents is 1. The highest BCUT2D eigenvalue weighted by atomic mass is 35.5. The van der Waals surface area contributed by atoms with Crippen LogP contribution in [0.5, 0.6) is 11.5 Å². The highest BCUT2D eigenvalue weighted by Crippen LogP contribution is 2.38. The molecule has 0 aromatic heterocycles. The Labute approximate surface area is 183 Å². The lowest BCUT2D eigenvalue weighted by atomic mass is 9.93. The summed E-state index contributed by atoms with van der Waals surface area (Å²) in [6.45, 7) is 0. The van der Waals surface area contributed by atoms with Crippen LogP contribution in [0.3, 0.4) is 0 Å². The molecule has 0 amide bonds. The molecule has 0 saturated heterocycles. The lowest BCUT2D eigenvalue weighted by molar-refractivity contribution is 0.405. The molecule has 7 heteroatoms. The molecule has 3 aromatic carbocycles. The van der Waals surface area contributed by atoms with E-state index in [1.165, 1.54) is 6.07 Å². The van der Waals surface area contributed by atoms with E-state index in [4.69, 9.17) is 32.9 Å². The number of hydrogen-bond acceptors (Lipinski definition) is 4. The highest BCUT2D eigenvalue weighted by Gasteiger charge is 2.30. The molecule has 1 heterocycles. The van der Waals surface area contributed by atoms with E-state index < -0.39 is 12.0 Å². The first kappa shape index (κ1) is 20.7. The molecule has 4 rings (SSSR count). The van der Waals surface area contributed by atoms with Gasteiger partial charge in [0.25, 0.3) is 0 Å². The standard InChI is InChI=1S/C23H19Cl2FN2O2/c1-30-15-8-5-13(6-9-15)19-12-20(16-11-14(24)7-10-21(16)29)28-23(27-19)22-17(25)3-2-4-18(22)26/h2-11,20,23,28-29H,12H2,1H3/t20-,23-/m1/s1. The summed E-state index contributed by atoms with van der Waals surface area (Å²) in [4.78, 5) is 4.75. The van der Waals surface area contributed by atoms with Crippen molar-refractivity contribution in [1.82, 2.24) is 5.32 Å². The summed E-state index contributed by atoms with van der Waals surface area (Å²) < 4.78 is 19.9. The van der Waals surface area contributed by atoms with Gasteiger partial charge in [-0.15, -0.1) is 0 Å². The quantitative estimate of drug-likeness (QED) is 0.513. The number of aliphatic imine (C=N–C) groups is 1. The van der Waals surface area contributed by atoms with Crippen molar-refractivity contribution >= 4 is 28.9 Å². The Morgan fingerprint density at radius 3 is 2.57 bits per heavy atom. The van der Waals surface area contributed by atoms with E-state index in [2.05, 4.69) is 5.32 Å². The third kappa shape index (κ3) is 4.15. The zero-order valence-corrected chi connectivity index (χ0v) is 17.6. The minimum absolute atomic E-state index is 0.103. The van der Waals surface area contributed by atoms with E-state index in [-0.39, 0.29) is 22.4 Å². The molecule has 0 radical (unpaired) electrons. The molecule has 0 unspecified atom stereocenters. The minimum Gasteiger partial charge on any atom is -0.508 e. The van der Waals surface area contributed by atoms with Gasteiger partial charge in [-0.3, -0.25) is 10.3 Å². The van der Waals surface area contributed by atoms with Crippen LogP contribution in [0.2, 0.25) is 10.0 Å². The van der Waals surface area contributed by atoms with Gasteiger partial charge in [0.2, 0.25) is 0 Å². The lowest BCUT2D eigenvalue weighted by Crippen LogP contribution is -2.33. The van der Waals surface area contributed by atoms with Gasteiger partial charge in [-0.05, 0) is 60.2 Å². The first-order chi connectivity index (χ1) is 14.5. The number of phenols is 1. The van der Waals surface area contributed by atoms with Crippen molar-refractivity contribution in [1.29, 1.82) is 0 Å². The van der Waals surface area contributed by atoms with E-state index in [9.17, 15) is 9.50 Å². The number of halogens is 3. The number of hydrogen-bond donors (Lipinski definition) is 2. The molecule has 3 aromatic rings. The van der Waals surface area contributed by atoms with Gasteiger partial charge >= 0.3 is 0 Å². The molecule has 2 N–H and O–H groups in total. The normalized spacial score (nSPS) is 18.7. The zero-order valence-electron chi connectivity index (χ0n) is 16.1. The van der Waals surface area contributed by atoms with Crippen LogP contribution in [0.15, 0.2) is 65.7 Å². The molecular formula is C23H19Cl2FN2O2. The first-order valence-electron chi connectivity index (χ1n) is 9.35. The van der Waals surface area contributed by atoms with Crippen LogP contribution in [0.4, 0.5) is 4.39 Å². The molecule has 0 spiro atoms. The van der Waals surface area contributed by atoms with E-state index >= 15 is 0 Å². The molecule has 1 aliphatic rings. The first-order valence-corrected chi connectivity index (χ1v) is 10.1. The summed E-state index contributed by atoms with van der Waals surface area (Å²) in [7, 11) is 1.60. The highest BCUT2D eigenvalue weighted by molar-refractivity contribution is 6.31. The van der Waals surface area contributed by atoms with E-state index in [1.54, 1.807) is 37.4 Å². The average molecular weight is 445 g/mol. The van der Waals surface area contributed by atoms with Crippen molar-refractivity contribution in [3.8, 4) is 11.5 Å². The summed E-state index contributed by atoms with van der Waals surface area (Å²) in [5, 5.41) is 14.5. The molecule has 1 aliphatic heterocycles. The summed E-state index contributed by atoms with van der Waals surface area (Å²) >= 11 is 12.5. The number of benzene rings is 3. The molecule has 0 aliphatic carbocycles. The Hall–Kier alpha value is -2.60. The summed E-state index contributed by atoms with van der Waals surface area (Å²) in [5.41, 5.74) is 2.50. The third-order valence-corrected chi connectivity index (χ3v) is 5.67. The van der Waals surface area contributed by atoms with E-state index in [0.717, 1.165) is 17.0 Å². The maximum absolute atomic E-state index is 14.7. The SMILES string of the molecule is COc1ccc(C2=N[C@@H](c3c(F)cccc3Cl)N[C@@H](c3cc(Cl)ccc3O)C2)cc1. The van der Waals surface area contributed by atoms with Gasteiger partial charge in [0, 0.05) is 34.3 Å². The van der Waals surface area contributed by atoms with Crippen LogP contribution >= 0.6 is 23.2 Å². The minimum atomic E-state index is -0.729. The van der Waals surface area contributed by atoms with Gasteiger partial charge in [-0.2, -0.15) is 0 Å². The Bertz CT molecular complexity index is 1080. The van der Waals surface area contributed by atoms with Crippen molar-refractivity contribution in [2.24, 2.45) is 4.99 Å². The van der Waals surface area contributed by atoms with Gasteiger partial charge in [-0.25, -0.2) is 4.39 Å². The van der Waals surface area contributed by atoms with Crippen LogP contribution in [0.1, 0.15) is 35.3 Å². The number of rotatable bonds is 4. The number of nitrogens with zero attached hydrogens (tertiary/aromatic N) is 1. The molecule has 4 nitrogen and oxygen atoms in total. The van der Waals surface area contributed by atoms with Crippen molar-refractivity contribution in [2.45, 2.75) is 18.6 Å². The van der Waals surface area contributed by atoms with Crippen LogP contribution in [-0.4, -0.2) is 17.9 Å². The van der Waals surface area contributed by atoms with E-state index in [0.29, 0.717) is 17.0 Å². The Kier molecular flexibility index (Phi) is 5.95. The fourth-order valence-electron chi connectivity index (χ4n) is 3.59. The maximum Gasteiger partial charge on any atom is 0.131 e. The smallest absolute Gasteiger partial charge is 0.131 e. The Morgan fingerprint density at radius 2 is 1.87 bits per heavy atom. The summed E-state index contributed by atoms with van der Waals surface area (Å²) in [5.74, 6) is 0.381.